The average molecular weight is 306 g/mol. The van der Waals surface area contributed by atoms with Crippen LogP contribution < -0.4 is 5.32 Å². The summed E-state index contributed by atoms with van der Waals surface area (Å²) in [6.45, 7) is 2.24. The Morgan fingerprint density at radius 2 is 1.70 bits per heavy atom. The van der Waals surface area contributed by atoms with Crippen molar-refractivity contribution in [1.29, 1.82) is 0 Å². The number of aromatic nitrogens is 1. The highest BCUT2D eigenvalue weighted by Crippen LogP contribution is 2.21. The number of Topliss-reactive ketones (excluding diaryl/α,β-unsaturated/α-hetero) is 1. The topological polar surface area (TPSA) is 51.1 Å². The van der Waals surface area contributed by atoms with Crippen molar-refractivity contribution in [3.63, 3.8) is 0 Å². The van der Waals surface area contributed by atoms with Crippen molar-refractivity contribution < 1.29 is 9.59 Å². The molecule has 1 amide bonds. The second-order valence-electron chi connectivity index (χ2n) is 5.51. The van der Waals surface area contributed by atoms with Crippen molar-refractivity contribution in [2.75, 3.05) is 0 Å². The molecule has 0 atom stereocenters. The van der Waals surface area contributed by atoms with Crippen LogP contribution in [-0.2, 0) is 17.9 Å². The third kappa shape index (κ3) is 3.31. The van der Waals surface area contributed by atoms with Crippen LogP contribution in [0.15, 0.2) is 60.8 Å². The van der Waals surface area contributed by atoms with Crippen molar-refractivity contribution >= 4 is 22.6 Å². The first-order chi connectivity index (χ1) is 11.1. The molecule has 0 aliphatic rings. The quantitative estimate of drug-likeness (QED) is 0.736. The fraction of sp³-hybridized carbons (Fsp3) is 0.158. The maximum atomic E-state index is 12.2. The fourth-order valence-electron chi connectivity index (χ4n) is 2.67. The number of amides is 1. The van der Waals surface area contributed by atoms with Crippen molar-refractivity contribution in [2.45, 2.75) is 20.0 Å². The van der Waals surface area contributed by atoms with Gasteiger partial charge in [-0.3, -0.25) is 9.59 Å². The molecule has 2 aromatic carbocycles. The van der Waals surface area contributed by atoms with Crippen LogP contribution in [0.3, 0.4) is 0 Å². The number of nitrogens with zero attached hydrogens (tertiary/aromatic N) is 1. The molecule has 3 rings (SSSR count). The average Bonchev–Trinajstić information content (AvgIpc) is 2.93. The number of nitrogens with one attached hydrogen (secondary N) is 1. The maximum Gasteiger partial charge on any atom is 0.240 e. The van der Waals surface area contributed by atoms with Crippen LogP contribution in [0.5, 0.6) is 0 Å². The molecule has 0 fully saturated rings. The van der Waals surface area contributed by atoms with Crippen LogP contribution in [0.25, 0.3) is 10.9 Å². The minimum Gasteiger partial charge on any atom is -0.350 e. The second kappa shape index (κ2) is 6.48. The van der Waals surface area contributed by atoms with E-state index in [0.29, 0.717) is 12.1 Å². The van der Waals surface area contributed by atoms with Crippen molar-refractivity contribution in [2.24, 2.45) is 0 Å². The highest BCUT2D eigenvalue weighted by atomic mass is 16.2. The van der Waals surface area contributed by atoms with Crippen LogP contribution in [-0.4, -0.2) is 16.3 Å². The molecule has 1 aromatic heterocycles. The summed E-state index contributed by atoms with van der Waals surface area (Å²) in [4.78, 5) is 23.9. The Morgan fingerprint density at radius 1 is 1.00 bits per heavy atom. The van der Waals surface area contributed by atoms with Crippen LogP contribution in [0, 0.1) is 0 Å². The lowest BCUT2D eigenvalue weighted by molar-refractivity contribution is -0.121. The van der Waals surface area contributed by atoms with E-state index in [-0.39, 0.29) is 18.2 Å². The van der Waals surface area contributed by atoms with Gasteiger partial charge in [0.05, 0.1) is 0 Å². The summed E-state index contributed by atoms with van der Waals surface area (Å²) >= 11 is 0. The zero-order valence-electron chi connectivity index (χ0n) is 13.0. The number of ketones is 1. The summed E-state index contributed by atoms with van der Waals surface area (Å²) in [5, 5.41) is 3.79. The maximum absolute atomic E-state index is 12.2. The van der Waals surface area contributed by atoms with Gasteiger partial charge in [0.2, 0.25) is 5.91 Å². The molecule has 0 radical (unpaired) electrons. The van der Waals surface area contributed by atoms with E-state index in [1.165, 1.54) is 0 Å². The number of hydrogen-bond acceptors (Lipinski definition) is 2. The Labute approximate surface area is 134 Å². The third-order valence-electron chi connectivity index (χ3n) is 3.81. The van der Waals surface area contributed by atoms with Crippen molar-refractivity contribution in [3.05, 3.63) is 71.9 Å². The van der Waals surface area contributed by atoms with Crippen molar-refractivity contribution in [1.82, 2.24) is 9.88 Å². The Hall–Kier alpha value is -2.88. The molecule has 1 heterocycles. The van der Waals surface area contributed by atoms with Gasteiger partial charge >= 0.3 is 0 Å². The van der Waals surface area contributed by atoms with Crippen LogP contribution in [0.1, 0.15) is 22.8 Å². The summed E-state index contributed by atoms with van der Waals surface area (Å²) in [5.41, 5.74) is 2.60. The molecule has 0 saturated carbocycles. The fourth-order valence-corrected chi connectivity index (χ4v) is 2.67. The Kier molecular flexibility index (Phi) is 4.24. The van der Waals surface area contributed by atoms with E-state index in [0.717, 1.165) is 16.5 Å². The molecule has 0 aliphatic heterocycles. The van der Waals surface area contributed by atoms with Gasteiger partial charge in [-0.15, -0.1) is 0 Å². The number of fused-ring (bicyclic) bond motifs is 1. The molecule has 0 aliphatic carbocycles. The molecule has 116 valence electrons. The predicted molar refractivity (Wildman–Crippen MR) is 90.2 cm³/mol. The molecule has 3 aromatic rings. The van der Waals surface area contributed by atoms with Gasteiger partial charge in [0, 0.05) is 29.2 Å². The molecule has 0 bridgehead atoms. The Morgan fingerprint density at radius 3 is 2.43 bits per heavy atom. The van der Waals surface area contributed by atoms with Gasteiger partial charge in [0.25, 0.3) is 0 Å². The molecule has 0 spiro atoms. The number of carbonyl (C=O) groups excluding carboxylic acids is 2. The van der Waals surface area contributed by atoms with Crippen molar-refractivity contribution in [3.8, 4) is 0 Å². The van der Waals surface area contributed by atoms with E-state index < -0.39 is 0 Å². The largest absolute Gasteiger partial charge is 0.350 e. The number of carbonyl (C=O) groups is 2. The van der Waals surface area contributed by atoms with Gasteiger partial charge in [0.1, 0.15) is 6.54 Å². The summed E-state index contributed by atoms with van der Waals surface area (Å²) < 4.78 is 1.83. The van der Waals surface area contributed by atoms with Crippen LogP contribution in [0.4, 0.5) is 0 Å². The zero-order chi connectivity index (χ0) is 16.2. The summed E-state index contributed by atoms with van der Waals surface area (Å²) in [5.74, 6) is -0.0747. The summed E-state index contributed by atoms with van der Waals surface area (Å²) in [6.07, 6.45) is 1.76. The molecule has 23 heavy (non-hydrogen) atoms. The van der Waals surface area contributed by atoms with E-state index in [1.807, 2.05) is 59.2 Å². The van der Waals surface area contributed by atoms with E-state index in [9.17, 15) is 9.59 Å². The lowest BCUT2D eigenvalue weighted by atomic mass is 10.1. The van der Waals surface area contributed by atoms with Gasteiger partial charge in [-0.25, -0.2) is 0 Å². The first-order valence-electron chi connectivity index (χ1n) is 7.54. The number of hydrogen-bond donors (Lipinski definition) is 1. The minimum atomic E-state index is -0.0790. The van der Waals surface area contributed by atoms with E-state index in [4.69, 9.17) is 0 Å². The molecule has 0 saturated heterocycles. The van der Waals surface area contributed by atoms with Gasteiger partial charge < -0.3 is 9.88 Å². The molecule has 1 N–H and O–H groups in total. The minimum absolute atomic E-state index is 0.00430. The SMILES string of the molecule is CC(=O)c1cn(CC(=O)NCc2ccccc2)c2ccccc12. The second-order valence-corrected chi connectivity index (χ2v) is 5.51. The van der Waals surface area contributed by atoms with Gasteiger partial charge in [0.15, 0.2) is 5.78 Å². The first kappa shape index (κ1) is 15.0. The monoisotopic (exact) mass is 306 g/mol. The molecular formula is C19H18N2O2. The lowest BCUT2D eigenvalue weighted by Gasteiger charge is -2.07. The summed E-state index contributed by atoms with van der Waals surface area (Å²) in [6, 6.07) is 17.4. The number of benzene rings is 2. The number of rotatable bonds is 5. The van der Waals surface area contributed by atoms with Crippen LogP contribution in [0.2, 0.25) is 0 Å². The zero-order valence-corrected chi connectivity index (χ0v) is 13.0. The van der Waals surface area contributed by atoms with Gasteiger partial charge in [-0.1, -0.05) is 48.5 Å². The van der Waals surface area contributed by atoms with E-state index >= 15 is 0 Å². The standard InChI is InChI=1S/C19H18N2O2/c1-14(22)17-12-21(18-10-6-5-9-16(17)18)13-19(23)20-11-15-7-3-2-4-8-15/h2-10,12H,11,13H2,1H3,(H,20,23). The molecule has 0 unspecified atom stereocenters. The Balaban J connectivity index is 1.76. The highest BCUT2D eigenvalue weighted by molar-refractivity contribution is 6.07. The van der Waals surface area contributed by atoms with Gasteiger partial charge in [-0.2, -0.15) is 0 Å². The summed E-state index contributed by atoms with van der Waals surface area (Å²) in [7, 11) is 0. The molecule has 4 nitrogen and oxygen atoms in total. The lowest BCUT2D eigenvalue weighted by Crippen LogP contribution is -2.26. The smallest absolute Gasteiger partial charge is 0.240 e. The normalized spacial score (nSPS) is 10.7. The Bertz CT molecular complexity index is 850. The third-order valence-corrected chi connectivity index (χ3v) is 3.81. The van der Waals surface area contributed by atoms with Crippen LogP contribution >= 0.6 is 0 Å². The molecule has 4 heteroatoms. The predicted octanol–water partition coefficient (Wildman–Crippen LogP) is 3.16. The van der Waals surface area contributed by atoms with E-state index in [2.05, 4.69) is 5.32 Å². The number of para-hydroxylation sites is 1. The van der Waals surface area contributed by atoms with Gasteiger partial charge in [-0.05, 0) is 18.6 Å². The molecular weight excluding hydrogens is 288 g/mol. The first-order valence-corrected chi connectivity index (χ1v) is 7.54. The van der Waals surface area contributed by atoms with E-state index in [1.54, 1.807) is 13.1 Å². The highest BCUT2D eigenvalue weighted by Gasteiger charge is 2.13.